The molecule has 21 heavy (non-hydrogen) atoms. The van der Waals surface area contributed by atoms with Crippen molar-refractivity contribution in [3.05, 3.63) is 48.0 Å². The van der Waals surface area contributed by atoms with Crippen LogP contribution in [-0.2, 0) is 20.9 Å². The molecular weight excluding hydrogens is 294 g/mol. The molecule has 0 spiro atoms. The van der Waals surface area contributed by atoms with Crippen molar-refractivity contribution < 1.29 is 22.5 Å². The van der Waals surface area contributed by atoms with Gasteiger partial charge < -0.3 is 5.11 Å². The fourth-order valence-corrected chi connectivity index (χ4v) is 3.64. The summed E-state index contributed by atoms with van der Waals surface area (Å²) in [6, 6.07) is 12.8. The Morgan fingerprint density at radius 2 is 1.95 bits per heavy atom. The van der Waals surface area contributed by atoms with E-state index in [0.29, 0.717) is 4.31 Å². The van der Waals surface area contributed by atoms with Crippen molar-refractivity contribution >= 4 is 27.2 Å². The molecule has 0 aromatic heterocycles. The Morgan fingerprint density at radius 1 is 1.24 bits per heavy atom. The first-order valence-electron chi connectivity index (χ1n) is 6.37. The zero-order valence-corrected chi connectivity index (χ0v) is 11.8. The largest absolute Gasteiger partial charge is 0.464 e. The number of carboxylic acid groups (broad SMARTS) is 1. The van der Waals surface area contributed by atoms with Crippen LogP contribution in [0.5, 0.6) is 0 Å². The van der Waals surface area contributed by atoms with E-state index in [2.05, 4.69) is 4.18 Å². The monoisotopic (exact) mass is 307 g/mol. The van der Waals surface area contributed by atoms with E-state index in [1.54, 1.807) is 0 Å². The second-order valence-corrected chi connectivity index (χ2v) is 6.34. The number of rotatable bonds is 2. The van der Waals surface area contributed by atoms with E-state index in [-0.39, 0.29) is 13.0 Å². The quantitative estimate of drug-likeness (QED) is 0.917. The molecule has 1 N–H and O–H groups in total. The first-order chi connectivity index (χ1) is 9.97. The van der Waals surface area contributed by atoms with Gasteiger partial charge >= 0.3 is 16.4 Å². The Morgan fingerprint density at radius 3 is 2.67 bits per heavy atom. The SMILES string of the molecule is O=C(O)N1C(Cc2ccc3ccccc3c2)COS1(=O)=O. The van der Waals surface area contributed by atoms with Gasteiger partial charge in [0.1, 0.15) is 0 Å². The summed E-state index contributed by atoms with van der Waals surface area (Å²) in [6.45, 7) is -0.151. The molecule has 2 aromatic carbocycles. The fraction of sp³-hybridized carbons (Fsp3) is 0.214. The number of carbonyl (C=O) groups is 1. The maximum absolute atomic E-state index is 11.5. The molecule has 2 aromatic rings. The van der Waals surface area contributed by atoms with E-state index in [9.17, 15) is 13.2 Å². The van der Waals surface area contributed by atoms with Gasteiger partial charge in [0, 0.05) is 0 Å². The standard InChI is InChI=1S/C14H13NO5S/c16-14(17)15-13(9-20-21(15,18)19)8-10-5-6-11-3-1-2-4-12(11)7-10/h1-7,13H,8-9H2,(H,16,17). The van der Waals surface area contributed by atoms with Gasteiger partial charge in [-0.05, 0) is 22.8 Å². The molecule has 1 aliphatic rings. The normalized spacial score (nSPS) is 20.8. The maximum Gasteiger partial charge on any atom is 0.423 e. The summed E-state index contributed by atoms with van der Waals surface area (Å²) in [7, 11) is -4.16. The van der Waals surface area contributed by atoms with E-state index in [1.165, 1.54) is 0 Å². The molecule has 1 unspecified atom stereocenters. The molecule has 1 aliphatic heterocycles. The highest BCUT2D eigenvalue weighted by Gasteiger charge is 2.42. The third kappa shape index (κ3) is 2.57. The minimum Gasteiger partial charge on any atom is -0.464 e. The fourth-order valence-electron chi connectivity index (χ4n) is 2.50. The first kappa shape index (κ1) is 13.8. The highest BCUT2D eigenvalue weighted by Crippen LogP contribution is 2.24. The molecule has 1 heterocycles. The van der Waals surface area contributed by atoms with Gasteiger partial charge in [-0.3, -0.25) is 4.18 Å². The first-order valence-corrected chi connectivity index (χ1v) is 7.73. The molecule has 1 saturated heterocycles. The molecule has 3 rings (SSSR count). The Hall–Kier alpha value is -2.12. The zero-order valence-electron chi connectivity index (χ0n) is 11.0. The maximum atomic E-state index is 11.5. The van der Waals surface area contributed by atoms with Crippen LogP contribution in [0.15, 0.2) is 42.5 Å². The second kappa shape index (κ2) is 5.01. The Bertz CT molecular complexity index is 802. The Balaban J connectivity index is 1.89. The number of fused-ring (bicyclic) bond motifs is 1. The van der Waals surface area contributed by atoms with Crippen molar-refractivity contribution in [1.29, 1.82) is 0 Å². The molecule has 7 heteroatoms. The lowest BCUT2D eigenvalue weighted by molar-refractivity contribution is 0.164. The van der Waals surface area contributed by atoms with Crippen molar-refractivity contribution in [1.82, 2.24) is 4.31 Å². The molecule has 1 atom stereocenters. The van der Waals surface area contributed by atoms with Crippen LogP contribution >= 0.6 is 0 Å². The summed E-state index contributed by atoms with van der Waals surface area (Å²) in [6.07, 6.45) is -1.23. The molecule has 6 nitrogen and oxygen atoms in total. The number of benzene rings is 2. The lowest BCUT2D eigenvalue weighted by Gasteiger charge is -2.17. The van der Waals surface area contributed by atoms with Crippen LogP contribution < -0.4 is 0 Å². The zero-order chi connectivity index (χ0) is 15.0. The summed E-state index contributed by atoms with van der Waals surface area (Å²) in [5, 5.41) is 11.1. The highest BCUT2D eigenvalue weighted by molar-refractivity contribution is 7.85. The lowest BCUT2D eigenvalue weighted by Crippen LogP contribution is -2.39. The summed E-state index contributed by atoms with van der Waals surface area (Å²) in [4.78, 5) is 11.1. The van der Waals surface area contributed by atoms with Crippen LogP contribution in [0.4, 0.5) is 4.79 Å². The van der Waals surface area contributed by atoms with Gasteiger partial charge in [-0.25, -0.2) is 4.79 Å². The van der Waals surface area contributed by atoms with Crippen molar-refractivity contribution in [2.75, 3.05) is 6.61 Å². The van der Waals surface area contributed by atoms with Gasteiger partial charge in [-0.1, -0.05) is 42.5 Å². The predicted molar refractivity (Wildman–Crippen MR) is 76.2 cm³/mol. The van der Waals surface area contributed by atoms with Gasteiger partial charge in [0.25, 0.3) is 0 Å². The van der Waals surface area contributed by atoms with Crippen LogP contribution in [-0.4, -0.2) is 36.6 Å². The van der Waals surface area contributed by atoms with E-state index >= 15 is 0 Å². The van der Waals surface area contributed by atoms with Crippen molar-refractivity contribution in [2.24, 2.45) is 0 Å². The number of amides is 1. The molecule has 0 saturated carbocycles. The third-order valence-electron chi connectivity index (χ3n) is 3.46. The smallest absolute Gasteiger partial charge is 0.423 e. The van der Waals surface area contributed by atoms with Crippen LogP contribution in [0.2, 0.25) is 0 Å². The van der Waals surface area contributed by atoms with Crippen LogP contribution in [0.3, 0.4) is 0 Å². The van der Waals surface area contributed by atoms with Gasteiger partial charge in [-0.2, -0.15) is 12.7 Å². The van der Waals surface area contributed by atoms with E-state index < -0.39 is 22.4 Å². The molecular formula is C14H13NO5S. The summed E-state index contributed by atoms with van der Waals surface area (Å²) in [5.74, 6) is 0. The molecule has 0 aliphatic carbocycles. The molecule has 1 amide bonds. The van der Waals surface area contributed by atoms with E-state index in [1.807, 2.05) is 42.5 Å². The molecule has 110 valence electrons. The van der Waals surface area contributed by atoms with Crippen molar-refractivity contribution in [2.45, 2.75) is 12.5 Å². The molecule has 0 radical (unpaired) electrons. The van der Waals surface area contributed by atoms with Gasteiger partial charge in [0.05, 0.1) is 12.6 Å². The van der Waals surface area contributed by atoms with Gasteiger partial charge in [0.2, 0.25) is 0 Å². The topological polar surface area (TPSA) is 83.9 Å². The number of nitrogens with zero attached hydrogens (tertiary/aromatic N) is 1. The average molecular weight is 307 g/mol. The highest BCUT2D eigenvalue weighted by atomic mass is 32.2. The number of hydrogen-bond acceptors (Lipinski definition) is 4. The summed E-state index contributed by atoms with van der Waals surface area (Å²) >= 11 is 0. The predicted octanol–water partition coefficient (Wildman–Crippen LogP) is 2.01. The lowest BCUT2D eigenvalue weighted by atomic mass is 10.0. The summed E-state index contributed by atoms with van der Waals surface area (Å²) < 4.78 is 28.1. The van der Waals surface area contributed by atoms with E-state index in [0.717, 1.165) is 16.3 Å². The van der Waals surface area contributed by atoms with Crippen molar-refractivity contribution in [3.63, 3.8) is 0 Å². The Labute approximate surface area is 121 Å². The van der Waals surface area contributed by atoms with Gasteiger partial charge in [-0.15, -0.1) is 0 Å². The van der Waals surface area contributed by atoms with Crippen LogP contribution in [0, 0.1) is 0 Å². The average Bonchev–Trinajstić information content (AvgIpc) is 2.73. The van der Waals surface area contributed by atoms with Gasteiger partial charge in [0.15, 0.2) is 0 Å². The van der Waals surface area contributed by atoms with Crippen LogP contribution in [0.25, 0.3) is 10.8 Å². The summed E-state index contributed by atoms with van der Waals surface area (Å²) in [5.41, 5.74) is 0.866. The molecule has 1 fully saturated rings. The van der Waals surface area contributed by atoms with Crippen LogP contribution in [0.1, 0.15) is 5.56 Å². The number of hydrogen-bond donors (Lipinski definition) is 1. The minimum atomic E-state index is -4.16. The third-order valence-corrected chi connectivity index (χ3v) is 4.83. The van der Waals surface area contributed by atoms with E-state index in [4.69, 9.17) is 5.11 Å². The Kier molecular flexibility index (Phi) is 3.30. The molecule has 0 bridgehead atoms. The second-order valence-electron chi connectivity index (χ2n) is 4.86. The van der Waals surface area contributed by atoms with Crippen molar-refractivity contribution in [3.8, 4) is 0 Å². The minimum absolute atomic E-state index is 0.151.